The van der Waals surface area contributed by atoms with Gasteiger partial charge in [0.15, 0.2) is 0 Å². The molecule has 8 heteroatoms. The van der Waals surface area contributed by atoms with Gasteiger partial charge in [0, 0.05) is 18.8 Å². The van der Waals surface area contributed by atoms with Crippen molar-refractivity contribution in [3.8, 4) is 0 Å². The molecule has 0 aliphatic carbocycles. The lowest BCUT2D eigenvalue weighted by Gasteiger charge is -2.39. The molecule has 0 radical (unpaired) electrons. The number of likely N-dealkylation sites (N-methyl/N-ethyl adjacent to an activating group) is 1. The van der Waals surface area contributed by atoms with Crippen molar-refractivity contribution in [2.24, 2.45) is 5.92 Å². The Kier molecular flexibility index (Phi) is 8.49. The van der Waals surface area contributed by atoms with Gasteiger partial charge < -0.3 is 14.8 Å². The molecule has 1 atom stereocenters. The van der Waals surface area contributed by atoms with Crippen LogP contribution in [0.2, 0.25) is 0 Å². The number of ether oxygens (including phenoxy) is 2. The summed E-state index contributed by atoms with van der Waals surface area (Å²) in [6.45, 7) is 10.4. The molecule has 1 fully saturated rings. The molecule has 8 nitrogen and oxygen atoms in total. The fourth-order valence-electron chi connectivity index (χ4n) is 4.56. The maximum absolute atomic E-state index is 13.2. The molecule has 2 aliphatic heterocycles. The SMILES string of the molecule is CCOC(=O)C1=C(CN2CCC(C(=O)OCC)CC2)N(CC)C(=O)N[C@@H]1c1cccc(C)c1. The van der Waals surface area contributed by atoms with E-state index in [0.717, 1.165) is 11.1 Å². The molecule has 0 spiro atoms. The van der Waals surface area contributed by atoms with Gasteiger partial charge in [0.2, 0.25) is 0 Å². The average molecular weight is 458 g/mol. The van der Waals surface area contributed by atoms with Crippen LogP contribution in [0.1, 0.15) is 50.8 Å². The van der Waals surface area contributed by atoms with Gasteiger partial charge in [-0.15, -0.1) is 0 Å². The number of carbonyl (C=O) groups excluding carboxylic acids is 3. The van der Waals surface area contributed by atoms with E-state index in [1.54, 1.807) is 11.8 Å². The highest BCUT2D eigenvalue weighted by Gasteiger charge is 2.39. The van der Waals surface area contributed by atoms with Crippen molar-refractivity contribution in [1.82, 2.24) is 15.1 Å². The molecule has 0 bridgehead atoms. The third-order valence-corrected chi connectivity index (χ3v) is 6.21. The fourth-order valence-corrected chi connectivity index (χ4v) is 4.56. The minimum atomic E-state index is -0.577. The van der Waals surface area contributed by atoms with Crippen molar-refractivity contribution >= 4 is 18.0 Å². The van der Waals surface area contributed by atoms with E-state index in [1.165, 1.54) is 0 Å². The minimum absolute atomic E-state index is 0.100. The van der Waals surface area contributed by atoms with E-state index in [2.05, 4.69) is 10.2 Å². The Morgan fingerprint density at radius 3 is 2.39 bits per heavy atom. The highest BCUT2D eigenvalue weighted by atomic mass is 16.5. The first-order valence-electron chi connectivity index (χ1n) is 11.8. The molecule has 3 rings (SSSR count). The minimum Gasteiger partial charge on any atom is -0.466 e. The second-order valence-electron chi connectivity index (χ2n) is 8.42. The molecule has 1 N–H and O–H groups in total. The lowest BCUT2D eigenvalue weighted by molar-refractivity contribution is -0.149. The molecular formula is C25H35N3O5. The lowest BCUT2D eigenvalue weighted by atomic mass is 9.92. The van der Waals surface area contributed by atoms with Crippen LogP contribution in [0.3, 0.4) is 0 Å². The third kappa shape index (κ3) is 5.74. The number of hydrogen-bond acceptors (Lipinski definition) is 6. The van der Waals surface area contributed by atoms with Crippen LogP contribution in [0.4, 0.5) is 4.79 Å². The predicted molar refractivity (Wildman–Crippen MR) is 124 cm³/mol. The van der Waals surface area contributed by atoms with Crippen LogP contribution >= 0.6 is 0 Å². The van der Waals surface area contributed by atoms with Crippen LogP contribution in [-0.4, -0.2) is 67.2 Å². The maximum Gasteiger partial charge on any atom is 0.338 e. The van der Waals surface area contributed by atoms with Crippen molar-refractivity contribution in [2.45, 2.75) is 46.6 Å². The number of benzene rings is 1. The molecule has 1 saturated heterocycles. The summed E-state index contributed by atoms with van der Waals surface area (Å²) in [5.74, 6) is -0.661. The maximum atomic E-state index is 13.2. The normalized spacial score (nSPS) is 19.9. The van der Waals surface area contributed by atoms with Gasteiger partial charge in [-0.1, -0.05) is 29.8 Å². The van der Waals surface area contributed by atoms with E-state index in [1.807, 2.05) is 45.0 Å². The van der Waals surface area contributed by atoms with E-state index in [0.29, 0.717) is 56.9 Å². The predicted octanol–water partition coefficient (Wildman–Crippen LogP) is 3.17. The summed E-state index contributed by atoms with van der Waals surface area (Å²) in [6.07, 6.45) is 1.39. The Labute approximate surface area is 195 Å². The second-order valence-corrected chi connectivity index (χ2v) is 8.42. The van der Waals surface area contributed by atoms with E-state index in [4.69, 9.17) is 9.47 Å². The number of urea groups is 1. The summed E-state index contributed by atoms with van der Waals surface area (Å²) >= 11 is 0. The van der Waals surface area contributed by atoms with Gasteiger partial charge in [-0.3, -0.25) is 14.6 Å². The van der Waals surface area contributed by atoms with Gasteiger partial charge in [0.1, 0.15) is 0 Å². The number of likely N-dealkylation sites (tertiary alicyclic amines) is 1. The lowest BCUT2D eigenvalue weighted by Crippen LogP contribution is -2.51. The third-order valence-electron chi connectivity index (χ3n) is 6.21. The van der Waals surface area contributed by atoms with Crippen molar-refractivity contribution < 1.29 is 23.9 Å². The summed E-state index contributed by atoms with van der Waals surface area (Å²) in [5, 5.41) is 3.00. The summed E-state index contributed by atoms with van der Waals surface area (Å²) in [6, 6.07) is 7.00. The number of amides is 2. The van der Waals surface area contributed by atoms with Crippen LogP contribution in [0, 0.1) is 12.8 Å². The number of nitrogens with one attached hydrogen (secondary N) is 1. The molecule has 1 aromatic carbocycles. The van der Waals surface area contributed by atoms with Crippen molar-refractivity contribution in [3.05, 3.63) is 46.7 Å². The van der Waals surface area contributed by atoms with Gasteiger partial charge in [0.25, 0.3) is 0 Å². The molecule has 0 saturated carbocycles. The Morgan fingerprint density at radius 2 is 1.79 bits per heavy atom. The monoisotopic (exact) mass is 457 g/mol. The molecule has 2 amide bonds. The number of carbonyl (C=O) groups is 3. The first kappa shape index (κ1) is 24.8. The number of nitrogens with zero attached hydrogens (tertiary/aromatic N) is 2. The Balaban J connectivity index is 1.93. The Morgan fingerprint density at radius 1 is 1.09 bits per heavy atom. The number of hydrogen-bond donors (Lipinski definition) is 1. The molecule has 1 aromatic rings. The Hall–Kier alpha value is -2.87. The topological polar surface area (TPSA) is 88.2 Å². The van der Waals surface area contributed by atoms with Gasteiger partial charge in [0.05, 0.1) is 30.7 Å². The van der Waals surface area contributed by atoms with E-state index in [-0.39, 0.29) is 24.5 Å². The number of aryl methyl sites for hydroxylation is 1. The van der Waals surface area contributed by atoms with Gasteiger partial charge >= 0.3 is 18.0 Å². The summed E-state index contributed by atoms with van der Waals surface area (Å²) in [5.41, 5.74) is 3.03. The van der Waals surface area contributed by atoms with Crippen LogP contribution < -0.4 is 5.32 Å². The van der Waals surface area contributed by atoms with E-state index < -0.39 is 12.0 Å². The number of piperidine rings is 1. The number of rotatable bonds is 8. The molecule has 0 aromatic heterocycles. The molecular weight excluding hydrogens is 422 g/mol. The number of esters is 2. The quantitative estimate of drug-likeness (QED) is 0.604. The molecule has 2 aliphatic rings. The fraction of sp³-hybridized carbons (Fsp3) is 0.560. The zero-order chi connectivity index (χ0) is 24.0. The van der Waals surface area contributed by atoms with Crippen molar-refractivity contribution in [3.63, 3.8) is 0 Å². The average Bonchev–Trinajstić information content (AvgIpc) is 2.79. The van der Waals surface area contributed by atoms with E-state index in [9.17, 15) is 14.4 Å². The largest absolute Gasteiger partial charge is 0.466 e. The van der Waals surface area contributed by atoms with Crippen molar-refractivity contribution in [2.75, 3.05) is 39.4 Å². The van der Waals surface area contributed by atoms with Crippen LogP contribution in [-0.2, 0) is 19.1 Å². The van der Waals surface area contributed by atoms with Crippen LogP contribution in [0.5, 0.6) is 0 Å². The van der Waals surface area contributed by atoms with E-state index >= 15 is 0 Å². The second kappa shape index (κ2) is 11.3. The van der Waals surface area contributed by atoms with Crippen LogP contribution in [0.25, 0.3) is 0 Å². The standard InChI is InChI=1S/C25H35N3O5/c1-5-28-20(16-27-13-11-18(12-14-27)23(29)32-6-2)21(24(30)33-7-3)22(26-25(28)31)19-10-8-9-17(4)15-19/h8-10,15,18,22H,5-7,11-14,16H2,1-4H3,(H,26,31)/t22-/m1/s1. The summed E-state index contributed by atoms with van der Waals surface area (Å²) in [7, 11) is 0. The highest BCUT2D eigenvalue weighted by Crippen LogP contribution is 2.33. The Bertz CT molecular complexity index is 905. The zero-order valence-corrected chi connectivity index (χ0v) is 20.1. The van der Waals surface area contributed by atoms with Gasteiger partial charge in [-0.05, 0) is 59.2 Å². The first-order valence-corrected chi connectivity index (χ1v) is 11.8. The highest BCUT2D eigenvalue weighted by molar-refractivity contribution is 5.95. The molecule has 2 heterocycles. The van der Waals surface area contributed by atoms with Gasteiger partial charge in [-0.25, -0.2) is 9.59 Å². The summed E-state index contributed by atoms with van der Waals surface area (Å²) in [4.78, 5) is 42.1. The smallest absolute Gasteiger partial charge is 0.338 e. The van der Waals surface area contributed by atoms with Crippen molar-refractivity contribution in [1.29, 1.82) is 0 Å². The molecule has 0 unspecified atom stereocenters. The molecule has 33 heavy (non-hydrogen) atoms. The first-order chi connectivity index (χ1) is 15.9. The summed E-state index contributed by atoms with van der Waals surface area (Å²) < 4.78 is 10.6. The van der Waals surface area contributed by atoms with Gasteiger partial charge in [-0.2, -0.15) is 0 Å². The zero-order valence-electron chi connectivity index (χ0n) is 20.1. The van der Waals surface area contributed by atoms with Crippen LogP contribution in [0.15, 0.2) is 35.5 Å². The molecule has 180 valence electrons.